The zero-order valence-electron chi connectivity index (χ0n) is 13.1. The number of nitrogens with zero attached hydrogens (tertiary/aromatic N) is 2. The van der Waals surface area contributed by atoms with Crippen LogP contribution in [-0.4, -0.2) is 54.3 Å². The van der Waals surface area contributed by atoms with Gasteiger partial charge < -0.3 is 4.90 Å². The Labute approximate surface area is 127 Å². The molecule has 21 heavy (non-hydrogen) atoms. The average molecular weight is 286 g/mol. The van der Waals surface area contributed by atoms with Crippen molar-refractivity contribution in [2.45, 2.75) is 38.6 Å². The smallest absolute Gasteiger partial charge is 0.164 e. The highest BCUT2D eigenvalue weighted by molar-refractivity contribution is 5.96. The third kappa shape index (κ3) is 3.72. The maximum absolute atomic E-state index is 12.3. The quantitative estimate of drug-likeness (QED) is 0.795. The van der Waals surface area contributed by atoms with Crippen LogP contribution in [0.3, 0.4) is 0 Å². The standard InChI is InChI=1S/C18H26N2O/c1-15-5-2-6-16(13-15)18(21)8-12-19-9-4-11-20-10-3-7-17(20)14-19/h2,5-6,13,17H,3-4,7-12,14H2,1H3. The molecule has 0 bridgehead atoms. The van der Waals surface area contributed by atoms with Crippen LogP contribution in [0.15, 0.2) is 24.3 Å². The van der Waals surface area contributed by atoms with Crippen LogP contribution in [0.25, 0.3) is 0 Å². The summed E-state index contributed by atoms with van der Waals surface area (Å²) in [6.45, 7) is 7.78. The molecule has 0 aliphatic carbocycles. The summed E-state index contributed by atoms with van der Waals surface area (Å²) in [6.07, 6.45) is 4.58. The minimum absolute atomic E-state index is 0.284. The van der Waals surface area contributed by atoms with Gasteiger partial charge in [0.05, 0.1) is 0 Å². The van der Waals surface area contributed by atoms with E-state index in [0.717, 1.165) is 36.8 Å². The Kier molecular flexibility index (Phi) is 4.71. The van der Waals surface area contributed by atoms with Gasteiger partial charge in [-0.1, -0.05) is 23.8 Å². The van der Waals surface area contributed by atoms with Gasteiger partial charge in [-0.3, -0.25) is 9.69 Å². The molecule has 2 heterocycles. The van der Waals surface area contributed by atoms with E-state index in [1.165, 1.54) is 32.4 Å². The number of fused-ring (bicyclic) bond motifs is 1. The molecular weight excluding hydrogens is 260 g/mol. The molecule has 0 amide bonds. The van der Waals surface area contributed by atoms with Crippen LogP contribution >= 0.6 is 0 Å². The normalized spacial score (nSPS) is 23.8. The predicted octanol–water partition coefficient (Wildman–Crippen LogP) is 2.74. The Hall–Kier alpha value is -1.19. The predicted molar refractivity (Wildman–Crippen MR) is 85.8 cm³/mol. The number of Topliss-reactive ketones (excluding diaryl/α,β-unsaturated/α-hetero) is 1. The number of ketones is 1. The summed E-state index contributed by atoms with van der Waals surface area (Å²) in [5.74, 6) is 0.284. The highest BCUT2D eigenvalue weighted by Gasteiger charge is 2.28. The summed E-state index contributed by atoms with van der Waals surface area (Å²) in [5, 5.41) is 0. The Morgan fingerprint density at radius 2 is 2.10 bits per heavy atom. The fraction of sp³-hybridized carbons (Fsp3) is 0.611. The molecule has 0 spiro atoms. The van der Waals surface area contributed by atoms with E-state index in [0.29, 0.717) is 6.42 Å². The summed E-state index contributed by atoms with van der Waals surface area (Å²) >= 11 is 0. The zero-order valence-corrected chi connectivity index (χ0v) is 13.1. The van der Waals surface area contributed by atoms with Crippen molar-refractivity contribution in [1.29, 1.82) is 0 Å². The van der Waals surface area contributed by atoms with Crippen LogP contribution in [0.5, 0.6) is 0 Å². The third-order valence-electron chi connectivity index (χ3n) is 4.88. The van der Waals surface area contributed by atoms with E-state index in [1.807, 2.05) is 31.2 Å². The van der Waals surface area contributed by atoms with Crippen molar-refractivity contribution < 1.29 is 4.79 Å². The Morgan fingerprint density at radius 1 is 1.24 bits per heavy atom. The molecule has 0 saturated carbocycles. The number of carbonyl (C=O) groups excluding carboxylic acids is 1. The lowest BCUT2D eigenvalue weighted by Gasteiger charge is -2.25. The highest BCUT2D eigenvalue weighted by Crippen LogP contribution is 2.21. The summed E-state index contributed by atoms with van der Waals surface area (Å²) < 4.78 is 0. The molecule has 2 fully saturated rings. The summed E-state index contributed by atoms with van der Waals surface area (Å²) in [7, 11) is 0. The van der Waals surface area contributed by atoms with Crippen LogP contribution in [-0.2, 0) is 0 Å². The lowest BCUT2D eigenvalue weighted by molar-refractivity contribution is 0.0961. The molecule has 2 aliphatic rings. The second-order valence-electron chi connectivity index (χ2n) is 6.53. The van der Waals surface area contributed by atoms with Gasteiger partial charge in [0.2, 0.25) is 0 Å². The molecular formula is C18H26N2O. The number of carbonyl (C=O) groups is 1. The first-order valence-electron chi connectivity index (χ1n) is 8.28. The molecule has 0 radical (unpaired) electrons. The van der Waals surface area contributed by atoms with Crippen LogP contribution in [0.4, 0.5) is 0 Å². The first kappa shape index (κ1) is 14.7. The Bertz CT molecular complexity index is 500. The van der Waals surface area contributed by atoms with Crippen LogP contribution in [0, 0.1) is 6.92 Å². The summed E-state index contributed by atoms with van der Waals surface area (Å²) in [6, 6.07) is 8.70. The van der Waals surface area contributed by atoms with Gasteiger partial charge in [-0.05, 0) is 51.9 Å². The van der Waals surface area contributed by atoms with Crippen molar-refractivity contribution in [1.82, 2.24) is 9.80 Å². The SMILES string of the molecule is Cc1cccc(C(=O)CCN2CCCN3CCCC3C2)c1. The van der Waals surface area contributed by atoms with E-state index >= 15 is 0 Å². The first-order chi connectivity index (χ1) is 10.2. The topological polar surface area (TPSA) is 23.6 Å². The Morgan fingerprint density at radius 3 is 2.95 bits per heavy atom. The van der Waals surface area contributed by atoms with Crippen molar-refractivity contribution in [3.63, 3.8) is 0 Å². The average Bonchev–Trinajstić information content (AvgIpc) is 2.83. The minimum Gasteiger partial charge on any atom is -0.301 e. The molecule has 114 valence electrons. The highest BCUT2D eigenvalue weighted by atomic mass is 16.1. The fourth-order valence-electron chi connectivity index (χ4n) is 3.71. The monoisotopic (exact) mass is 286 g/mol. The molecule has 1 aromatic carbocycles. The van der Waals surface area contributed by atoms with Gasteiger partial charge in [0.1, 0.15) is 0 Å². The van der Waals surface area contributed by atoms with Gasteiger partial charge in [0.25, 0.3) is 0 Å². The third-order valence-corrected chi connectivity index (χ3v) is 4.88. The lowest BCUT2D eigenvalue weighted by Crippen LogP contribution is -2.37. The maximum Gasteiger partial charge on any atom is 0.164 e. The van der Waals surface area contributed by atoms with E-state index in [1.54, 1.807) is 0 Å². The molecule has 3 heteroatoms. The van der Waals surface area contributed by atoms with Gasteiger partial charge >= 0.3 is 0 Å². The molecule has 0 N–H and O–H groups in total. The second-order valence-corrected chi connectivity index (χ2v) is 6.53. The van der Waals surface area contributed by atoms with Crippen molar-refractivity contribution >= 4 is 5.78 Å². The van der Waals surface area contributed by atoms with E-state index in [2.05, 4.69) is 9.80 Å². The van der Waals surface area contributed by atoms with Crippen LogP contribution in [0.2, 0.25) is 0 Å². The molecule has 1 aromatic rings. The number of benzene rings is 1. The number of rotatable bonds is 4. The molecule has 1 atom stereocenters. The molecule has 2 aliphatic heterocycles. The van der Waals surface area contributed by atoms with Crippen LogP contribution < -0.4 is 0 Å². The summed E-state index contributed by atoms with van der Waals surface area (Å²) in [5.41, 5.74) is 2.03. The van der Waals surface area contributed by atoms with Gasteiger partial charge in [-0.15, -0.1) is 0 Å². The molecule has 0 aromatic heterocycles. The summed E-state index contributed by atoms with van der Waals surface area (Å²) in [4.78, 5) is 17.5. The van der Waals surface area contributed by atoms with E-state index in [4.69, 9.17) is 0 Å². The zero-order chi connectivity index (χ0) is 14.7. The number of hydrogen-bond acceptors (Lipinski definition) is 3. The molecule has 1 unspecified atom stereocenters. The number of aryl methyl sites for hydroxylation is 1. The first-order valence-corrected chi connectivity index (χ1v) is 8.28. The van der Waals surface area contributed by atoms with Gasteiger partial charge in [-0.25, -0.2) is 0 Å². The van der Waals surface area contributed by atoms with Crippen molar-refractivity contribution in [3.05, 3.63) is 35.4 Å². The lowest BCUT2D eigenvalue weighted by atomic mass is 10.1. The van der Waals surface area contributed by atoms with Crippen molar-refractivity contribution in [2.24, 2.45) is 0 Å². The van der Waals surface area contributed by atoms with E-state index in [-0.39, 0.29) is 5.78 Å². The van der Waals surface area contributed by atoms with Crippen LogP contribution in [0.1, 0.15) is 41.6 Å². The molecule has 3 nitrogen and oxygen atoms in total. The second kappa shape index (κ2) is 6.71. The largest absolute Gasteiger partial charge is 0.301 e. The van der Waals surface area contributed by atoms with Gasteiger partial charge in [-0.2, -0.15) is 0 Å². The van der Waals surface area contributed by atoms with Crippen molar-refractivity contribution in [3.8, 4) is 0 Å². The molecule has 2 saturated heterocycles. The van der Waals surface area contributed by atoms with E-state index in [9.17, 15) is 4.79 Å². The minimum atomic E-state index is 0.284. The number of hydrogen-bond donors (Lipinski definition) is 0. The van der Waals surface area contributed by atoms with Crippen molar-refractivity contribution in [2.75, 3.05) is 32.7 Å². The van der Waals surface area contributed by atoms with Gasteiger partial charge in [0, 0.05) is 31.1 Å². The Balaban J connectivity index is 1.53. The van der Waals surface area contributed by atoms with E-state index < -0.39 is 0 Å². The van der Waals surface area contributed by atoms with Gasteiger partial charge in [0.15, 0.2) is 5.78 Å². The maximum atomic E-state index is 12.3. The fourth-order valence-corrected chi connectivity index (χ4v) is 3.71. The molecule has 3 rings (SSSR count).